The van der Waals surface area contributed by atoms with Crippen molar-refractivity contribution < 1.29 is 0 Å². The summed E-state index contributed by atoms with van der Waals surface area (Å²) in [4.78, 5) is 2.52. The molecule has 2 rings (SSSR count). The van der Waals surface area contributed by atoms with Crippen LogP contribution < -0.4 is 5.32 Å². The van der Waals surface area contributed by atoms with Gasteiger partial charge in [-0.05, 0) is 32.4 Å². The molecule has 84 valence electrons. The molecule has 1 fully saturated rings. The molecule has 0 aliphatic carbocycles. The third kappa shape index (κ3) is 3.14. The zero-order valence-electron chi connectivity index (χ0n) is 9.15. The highest BCUT2D eigenvalue weighted by Gasteiger charge is 2.16. The second-order valence-corrected chi connectivity index (χ2v) is 4.77. The summed E-state index contributed by atoms with van der Waals surface area (Å²) in [6.07, 6.45) is 5.59. The van der Waals surface area contributed by atoms with E-state index in [0.717, 1.165) is 5.00 Å². The maximum atomic E-state index is 3.86. The van der Waals surface area contributed by atoms with E-state index in [2.05, 4.69) is 26.7 Å². The van der Waals surface area contributed by atoms with E-state index in [1.165, 1.54) is 50.4 Å². The molecule has 1 aromatic heterocycles. The SMILES string of the molecule is CCN1CCCC(Nc2cnns2)CC1. The Morgan fingerprint density at radius 1 is 1.53 bits per heavy atom. The highest BCUT2D eigenvalue weighted by atomic mass is 32.1. The van der Waals surface area contributed by atoms with Gasteiger partial charge in [0.15, 0.2) is 0 Å². The summed E-state index contributed by atoms with van der Waals surface area (Å²) < 4.78 is 3.86. The van der Waals surface area contributed by atoms with Gasteiger partial charge in [0.1, 0.15) is 5.00 Å². The zero-order chi connectivity index (χ0) is 10.5. The average molecular weight is 226 g/mol. The summed E-state index contributed by atoms with van der Waals surface area (Å²) >= 11 is 1.44. The summed E-state index contributed by atoms with van der Waals surface area (Å²) in [6, 6.07) is 0.601. The molecule has 0 saturated carbocycles. The first kappa shape index (κ1) is 10.8. The van der Waals surface area contributed by atoms with Crippen LogP contribution in [0, 0.1) is 0 Å². The quantitative estimate of drug-likeness (QED) is 0.853. The van der Waals surface area contributed by atoms with Crippen LogP contribution in [-0.2, 0) is 0 Å². The molecule has 1 aliphatic heterocycles. The van der Waals surface area contributed by atoms with E-state index in [9.17, 15) is 0 Å². The molecule has 1 atom stereocenters. The van der Waals surface area contributed by atoms with Crippen LogP contribution in [0.2, 0.25) is 0 Å². The molecule has 0 radical (unpaired) electrons. The molecular formula is C10H18N4S. The Morgan fingerprint density at radius 3 is 3.20 bits per heavy atom. The van der Waals surface area contributed by atoms with E-state index >= 15 is 0 Å². The van der Waals surface area contributed by atoms with Crippen molar-refractivity contribution in [3.8, 4) is 0 Å². The first-order valence-electron chi connectivity index (χ1n) is 5.64. The van der Waals surface area contributed by atoms with Crippen LogP contribution in [0.15, 0.2) is 6.20 Å². The van der Waals surface area contributed by atoms with Crippen LogP contribution in [0.25, 0.3) is 0 Å². The van der Waals surface area contributed by atoms with Gasteiger partial charge in [0.25, 0.3) is 0 Å². The lowest BCUT2D eigenvalue weighted by Crippen LogP contribution is -2.25. The monoisotopic (exact) mass is 226 g/mol. The van der Waals surface area contributed by atoms with Gasteiger partial charge in [0.05, 0.1) is 6.20 Å². The molecule has 0 bridgehead atoms. The van der Waals surface area contributed by atoms with Crippen molar-refractivity contribution in [3.05, 3.63) is 6.20 Å². The standard InChI is InChI=1S/C10H18N4S/c1-2-14-6-3-4-9(5-7-14)12-10-8-11-13-15-10/h8-9,12H,2-7H2,1H3. The van der Waals surface area contributed by atoms with Gasteiger partial charge in [0, 0.05) is 24.1 Å². The molecule has 15 heavy (non-hydrogen) atoms. The Kier molecular flexibility index (Phi) is 3.91. The third-order valence-electron chi connectivity index (χ3n) is 2.98. The predicted octanol–water partition coefficient (Wildman–Crippen LogP) is 1.82. The first-order chi connectivity index (χ1) is 7.38. The van der Waals surface area contributed by atoms with Crippen LogP contribution >= 0.6 is 11.5 Å². The van der Waals surface area contributed by atoms with E-state index in [1.54, 1.807) is 0 Å². The maximum Gasteiger partial charge on any atom is 0.130 e. The minimum Gasteiger partial charge on any atom is -0.372 e. The van der Waals surface area contributed by atoms with Crippen molar-refractivity contribution in [2.75, 3.05) is 25.0 Å². The Hall–Kier alpha value is -0.680. The first-order valence-corrected chi connectivity index (χ1v) is 6.42. The number of anilines is 1. The molecule has 0 amide bonds. The summed E-state index contributed by atoms with van der Waals surface area (Å²) in [5.41, 5.74) is 0. The topological polar surface area (TPSA) is 41.0 Å². The highest BCUT2D eigenvalue weighted by Crippen LogP contribution is 2.18. The maximum absolute atomic E-state index is 3.86. The highest BCUT2D eigenvalue weighted by molar-refractivity contribution is 7.09. The molecular weight excluding hydrogens is 208 g/mol. The molecule has 2 heterocycles. The number of hydrogen-bond donors (Lipinski definition) is 1. The van der Waals surface area contributed by atoms with Gasteiger partial charge in [-0.1, -0.05) is 11.4 Å². The lowest BCUT2D eigenvalue weighted by atomic mass is 10.1. The molecule has 0 aromatic carbocycles. The van der Waals surface area contributed by atoms with Gasteiger partial charge >= 0.3 is 0 Å². The number of likely N-dealkylation sites (tertiary alicyclic amines) is 1. The van der Waals surface area contributed by atoms with Crippen LogP contribution in [0.1, 0.15) is 26.2 Å². The summed E-state index contributed by atoms with van der Waals surface area (Å²) in [5.74, 6) is 0. The summed E-state index contributed by atoms with van der Waals surface area (Å²) in [7, 11) is 0. The van der Waals surface area contributed by atoms with Gasteiger partial charge in [-0.2, -0.15) is 0 Å². The average Bonchev–Trinajstić information content (AvgIpc) is 2.64. The fourth-order valence-electron chi connectivity index (χ4n) is 2.05. The Balaban J connectivity index is 1.83. The number of nitrogens with zero attached hydrogens (tertiary/aromatic N) is 3. The fraction of sp³-hybridized carbons (Fsp3) is 0.800. The van der Waals surface area contributed by atoms with Crippen molar-refractivity contribution >= 4 is 16.5 Å². The van der Waals surface area contributed by atoms with Crippen molar-refractivity contribution in [2.45, 2.75) is 32.2 Å². The van der Waals surface area contributed by atoms with Gasteiger partial charge in [-0.15, -0.1) is 5.10 Å². The number of rotatable bonds is 3. The van der Waals surface area contributed by atoms with Crippen LogP contribution in [0.3, 0.4) is 0 Å². The van der Waals surface area contributed by atoms with E-state index in [-0.39, 0.29) is 0 Å². The van der Waals surface area contributed by atoms with Crippen LogP contribution in [-0.4, -0.2) is 40.2 Å². The van der Waals surface area contributed by atoms with Gasteiger partial charge < -0.3 is 10.2 Å². The van der Waals surface area contributed by atoms with Crippen molar-refractivity contribution in [3.63, 3.8) is 0 Å². The minimum absolute atomic E-state index is 0.601. The molecule has 1 aromatic rings. The Labute approximate surface area is 94.8 Å². The molecule has 4 nitrogen and oxygen atoms in total. The Bertz CT molecular complexity index is 275. The molecule has 5 heteroatoms. The number of aromatic nitrogens is 2. The Morgan fingerprint density at radius 2 is 2.47 bits per heavy atom. The van der Waals surface area contributed by atoms with Crippen LogP contribution in [0.5, 0.6) is 0 Å². The predicted molar refractivity (Wildman–Crippen MR) is 63.3 cm³/mol. The smallest absolute Gasteiger partial charge is 0.130 e. The van der Waals surface area contributed by atoms with E-state index < -0.39 is 0 Å². The number of hydrogen-bond acceptors (Lipinski definition) is 5. The van der Waals surface area contributed by atoms with Crippen LogP contribution in [0.4, 0.5) is 5.00 Å². The van der Waals surface area contributed by atoms with Crippen molar-refractivity contribution in [2.24, 2.45) is 0 Å². The van der Waals surface area contributed by atoms with Crippen molar-refractivity contribution in [1.29, 1.82) is 0 Å². The second kappa shape index (κ2) is 5.42. The second-order valence-electron chi connectivity index (χ2n) is 3.99. The molecule has 1 aliphatic rings. The van der Waals surface area contributed by atoms with E-state index in [1.807, 2.05) is 6.20 Å². The summed E-state index contributed by atoms with van der Waals surface area (Å²) in [6.45, 7) is 5.87. The third-order valence-corrected chi connectivity index (χ3v) is 3.57. The van der Waals surface area contributed by atoms with Gasteiger partial charge in [-0.25, -0.2) is 0 Å². The van der Waals surface area contributed by atoms with E-state index in [4.69, 9.17) is 0 Å². The van der Waals surface area contributed by atoms with Gasteiger partial charge in [0.2, 0.25) is 0 Å². The fourth-order valence-corrected chi connectivity index (χ4v) is 2.54. The van der Waals surface area contributed by atoms with Crippen molar-refractivity contribution in [1.82, 2.24) is 14.5 Å². The zero-order valence-corrected chi connectivity index (χ0v) is 9.96. The molecule has 1 unspecified atom stereocenters. The van der Waals surface area contributed by atoms with Gasteiger partial charge in [-0.3, -0.25) is 0 Å². The lowest BCUT2D eigenvalue weighted by molar-refractivity contribution is 0.300. The molecule has 0 spiro atoms. The molecule has 1 N–H and O–H groups in total. The molecule has 1 saturated heterocycles. The minimum atomic E-state index is 0.601. The summed E-state index contributed by atoms with van der Waals surface area (Å²) in [5, 5.41) is 8.45. The van der Waals surface area contributed by atoms with E-state index in [0.29, 0.717) is 6.04 Å². The normalized spacial score (nSPS) is 23.7. The lowest BCUT2D eigenvalue weighted by Gasteiger charge is -2.18. The largest absolute Gasteiger partial charge is 0.372 e. The number of nitrogens with one attached hydrogen (secondary N) is 1.